The predicted molar refractivity (Wildman–Crippen MR) is 73.1 cm³/mol. The molecular weight excluding hydrogens is 242 g/mol. The number of oxime groups is 1. The Kier molecular flexibility index (Phi) is 3.92. The Morgan fingerprint density at radius 2 is 1.89 bits per heavy atom. The third kappa shape index (κ3) is 3.19. The maximum atomic E-state index is 8.60. The maximum Gasteiger partial charge on any atom is 0.170 e. The van der Waals surface area contributed by atoms with Crippen LogP contribution < -0.4 is 10.6 Å². The van der Waals surface area contributed by atoms with E-state index in [1.807, 2.05) is 24.1 Å². The van der Waals surface area contributed by atoms with Crippen LogP contribution in [-0.4, -0.2) is 28.1 Å². The summed E-state index contributed by atoms with van der Waals surface area (Å²) < 4.78 is 0. The van der Waals surface area contributed by atoms with Crippen LogP contribution in [0.3, 0.4) is 0 Å². The second-order valence-electron chi connectivity index (χ2n) is 4.05. The molecule has 98 valence electrons. The lowest BCUT2D eigenvalue weighted by molar-refractivity contribution is 0.318. The molecule has 0 aliphatic heterocycles. The van der Waals surface area contributed by atoms with Gasteiger partial charge in [-0.05, 0) is 30.3 Å². The highest BCUT2D eigenvalue weighted by atomic mass is 16.4. The Hall–Kier alpha value is -2.63. The van der Waals surface area contributed by atoms with Crippen LogP contribution in [0.4, 0.5) is 5.69 Å². The lowest BCUT2D eigenvalue weighted by Gasteiger charge is -2.18. The summed E-state index contributed by atoms with van der Waals surface area (Å²) in [6.07, 6.45) is 3.44. The van der Waals surface area contributed by atoms with Crippen molar-refractivity contribution in [3.8, 4) is 0 Å². The molecule has 0 amide bonds. The molecule has 0 saturated carbocycles. The molecule has 2 rings (SSSR count). The zero-order valence-electron chi connectivity index (χ0n) is 10.6. The van der Waals surface area contributed by atoms with Crippen molar-refractivity contribution in [1.29, 1.82) is 0 Å². The summed E-state index contributed by atoms with van der Waals surface area (Å²) in [5, 5.41) is 11.6. The van der Waals surface area contributed by atoms with Crippen molar-refractivity contribution in [3.05, 3.63) is 54.1 Å². The van der Waals surface area contributed by atoms with Gasteiger partial charge < -0.3 is 15.8 Å². The van der Waals surface area contributed by atoms with Crippen molar-refractivity contribution >= 4 is 11.5 Å². The number of nitrogens with zero attached hydrogens (tertiary/aromatic N) is 4. The molecule has 2 aromatic rings. The van der Waals surface area contributed by atoms with Crippen LogP contribution in [0.25, 0.3) is 0 Å². The molecule has 1 aromatic heterocycles. The fourth-order valence-electron chi connectivity index (χ4n) is 1.66. The first-order valence-corrected chi connectivity index (χ1v) is 5.75. The van der Waals surface area contributed by atoms with E-state index in [2.05, 4.69) is 15.1 Å². The van der Waals surface area contributed by atoms with Crippen LogP contribution in [0.2, 0.25) is 0 Å². The van der Waals surface area contributed by atoms with E-state index in [-0.39, 0.29) is 5.84 Å². The van der Waals surface area contributed by atoms with Gasteiger partial charge in [0.15, 0.2) is 5.84 Å². The van der Waals surface area contributed by atoms with Crippen LogP contribution in [-0.2, 0) is 6.54 Å². The normalized spacial score (nSPS) is 11.3. The lowest BCUT2D eigenvalue weighted by atomic mass is 10.2. The maximum absolute atomic E-state index is 8.60. The second kappa shape index (κ2) is 5.81. The van der Waals surface area contributed by atoms with Crippen LogP contribution in [0.15, 0.2) is 47.9 Å². The van der Waals surface area contributed by atoms with Gasteiger partial charge in [0.1, 0.15) is 5.82 Å². The molecule has 0 atom stereocenters. The van der Waals surface area contributed by atoms with Gasteiger partial charge in [-0.25, -0.2) is 9.97 Å². The van der Waals surface area contributed by atoms with E-state index < -0.39 is 0 Å². The Labute approximate surface area is 111 Å². The van der Waals surface area contributed by atoms with E-state index >= 15 is 0 Å². The SMILES string of the molecule is CN(Cc1ncccn1)c1ccc(C(N)=NO)cc1. The summed E-state index contributed by atoms with van der Waals surface area (Å²) >= 11 is 0. The summed E-state index contributed by atoms with van der Waals surface area (Å²) in [6.45, 7) is 0.615. The molecule has 0 fully saturated rings. The Morgan fingerprint density at radius 1 is 1.26 bits per heavy atom. The highest BCUT2D eigenvalue weighted by Gasteiger charge is 2.05. The number of rotatable bonds is 4. The van der Waals surface area contributed by atoms with Crippen LogP contribution in [0.1, 0.15) is 11.4 Å². The largest absolute Gasteiger partial charge is 0.409 e. The van der Waals surface area contributed by atoms with Gasteiger partial charge in [-0.15, -0.1) is 0 Å². The molecule has 0 aliphatic rings. The van der Waals surface area contributed by atoms with Gasteiger partial charge in [0, 0.05) is 30.7 Å². The zero-order chi connectivity index (χ0) is 13.7. The van der Waals surface area contributed by atoms with Gasteiger partial charge in [-0.3, -0.25) is 0 Å². The molecule has 0 saturated heterocycles. The molecule has 19 heavy (non-hydrogen) atoms. The molecule has 1 heterocycles. The second-order valence-corrected chi connectivity index (χ2v) is 4.05. The third-order valence-corrected chi connectivity index (χ3v) is 2.71. The Balaban J connectivity index is 2.10. The molecular formula is C13H15N5O. The molecule has 0 spiro atoms. The van der Waals surface area contributed by atoms with E-state index in [1.165, 1.54) is 0 Å². The molecule has 6 heteroatoms. The number of hydrogen-bond acceptors (Lipinski definition) is 5. The summed E-state index contributed by atoms with van der Waals surface area (Å²) in [5.41, 5.74) is 7.19. The standard InChI is InChI=1S/C13H15N5O/c1-18(9-12-15-7-2-8-16-12)11-5-3-10(4-6-11)13(14)17-19/h2-8,19H,9H2,1H3,(H2,14,17). The quantitative estimate of drug-likeness (QED) is 0.372. The predicted octanol–water partition coefficient (Wildman–Crippen LogP) is 1.21. The average Bonchev–Trinajstić information content (AvgIpc) is 2.47. The highest BCUT2D eigenvalue weighted by Crippen LogP contribution is 2.15. The molecule has 6 nitrogen and oxygen atoms in total. The van der Waals surface area contributed by atoms with E-state index in [4.69, 9.17) is 10.9 Å². The first kappa shape index (κ1) is 12.8. The van der Waals surface area contributed by atoms with E-state index in [0.29, 0.717) is 12.1 Å². The number of aromatic nitrogens is 2. The van der Waals surface area contributed by atoms with Crippen LogP contribution >= 0.6 is 0 Å². The molecule has 0 bridgehead atoms. The fraction of sp³-hybridized carbons (Fsp3) is 0.154. The summed E-state index contributed by atoms with van der Waals surface area (Å²) in [5.74, 6) is 0.853. The van der Waals surface area contributed by atoms with Gasteiger partial charge >= 0.3 is 0 Å². The van der Waals surface area contributed by atoms with Crippen molar-refractivity contribution in [1.82, 2.24) is 9.97 Å². The van der Waals surface area contributed by atoms with E-state index in [0.717, 1.165) is 11.5 Å². The van der Waals surface area contributed by atoms with Gasteiger partial charge in [-0.2, -0.15) is 0 Å². The van der Waals surface area contributed by atoms with Crippen molar-refractivity contribution in [3.63, 3.8) is 0 Å². The summed E-state index contributed by atoms with van der Waals surface area (Å²) in [6, 6.07) is 9.18. The van der Waals surface area contributed by atoms with Crippen molar-refractivity contribution < 1.29 is 5.21 Å². The monoisotopic (exact) mass is 257 g/mol. The number of hydrogen-bond donors (Lipinski definition) is 2. The average molecular weight is 257 g/mol. The smallest absolute Gasteiger partial charge is 0.170 e. The van der Waals surface area contributed by atoms with Gasteiger partial charge in [0.2, 0.25) is 0 Å². The van der Waals surface area contributed by atoms with E-state index in [1.54, 1.807) is 30.6 Å². The molecule has 1 aromatic carbocycles. The third-order valence-electron chi connectivity index (χ3n) is 2.71. The van der Waals surface area contributed by atoms with Crippen molar-refractivity contribution in [2.75, 3.05) is 11.9 Å². The Bertz CT molecular complexity index is 553. The van der Waals surface area contributed by atoms with E-state index in [9.17, 15) is 0 Å². The molecule has 0 unspecified atom stereocenters. The van der Waals surface area contributed by atoms with Crippen LogP contribution in [0.5, 0.6) is 0 Å². The first-order chi connectivity index (χ1) is 9.20. The number of amidine groups is 1. The minimum atomic E-state index is 0.0978. The van der Waals surface area contributed by atoms with Crippen molar-refractivity contribution in [2.24, 2.45) is 10.9 Å². The van der Waals surface area contributed by atoms with Gasteiger partial charge in [-0.1, -0.05) is 5.16 Å². The summed E-state index contributed by atoms with van der Waals surface area (Å²) in [4.78, 5) is 10.4. The minimum absolute atomic E-state index is 0.0978. The highest BCUT2D eigenvalue weighted by molar-refractivity contribution is 5.97. The van der Waals surface area contributed by atoms with Crippen LogP contribution in [0, 0.1) is 0 Å². The molecule has 3 N–H and O–H groups in total. The number of benzene rings is 1. The first-order valence-electron chi connectivity index (χ1n) is 5.75. The topological polar surface area (TPSA) is 87.6 Å². The van der Waals surface area contributed by atoms with Crippen molar-refractivity contribution in [2.45, 2.75) is 6.54 Å². The molecule has 0 radical (unpaired) electrons. The van der Waals surface area contributed by atoms with Gasteiger partial charge in [0.05, 0.1) is 6.54 Å². The Morgan fingerprint density at radius 3 is 2.47 bits per heavy atom. The lowest BCUT2D eigenvalue weighted by Crippen LogP contribution is -2.18. The number of anilines is 1. The minimum Gasteiger partial charge on any atom is -0.409 e. The summed E-state index contributed by atoms with van der Waals surface area (Å²) in [7, 11) is 1.95. The zero-order valence-corrected chi connectivity index (χ0v) is 10.6. The van der Waals surface area contributed by atoms with Gasteiger partial charge in [0.25, 0.3) is 0 Å². The molecule has 0 aliphatic carbocycles. The fourth-order valence-corrected chi connectivity index (χ4v) is 1.66. The number of nitrogens with two attached hydrogens (primary N) is 1.